The van der Waals surface area contributed by atoms with Crippen molar-refractivity contribution in [1.29, 1.82) is 0 Å². The van der Waals surface area contributed by atoms with Crippen molar-refractivity contribution in [3.05, 3.63) is 53.4 Å². The van der Waals surface area contributed by atoms with Crippen molar-refractivity contribution in [2.45, 2.75) is 11.8 Å². The van der Waals surface area contributed by atoms with Gasteiger partial charge in [-0.25, -0.2) is 0 Å². The Hall–Kier alpha value is -1.32. The minimum atomic E-state index is -0.332. The summed E-state index contributed by atoms with van der Waals surface area (Å²) in [6.07, 6.45) is 2.04. The molecule has 1 unspecified atom stereocenters. The van der Waals surface area contributed by atoms with Crippen molar-refractivity contribution in [3.8, 4) is 0 Å². The van der Waals surface area contributed by atoms with E-state index in [0.717, 1.165) is 11.1 Å². The largest absolute Gasteiger partial charge is 0.396 e. The lowest BCUT2D eigenvalue weighted by Crippen LogP contribution is -1.99. The number of aliphatic hydroxyl groups is 1. The molecule has 2 aromatic rings. The Morgan fingerprint density at radius 3 is 2.75 bits per heavy atom. The van der Waals surface area contributed by atoms with E-state index in [2.05, 4.69) is 5.16 Å². The van der Waals surface area contributed by atoms with Gasteiger partial charge in [-0.2, -0.15) is 0 Å². The fraction of sp³-hybridized carbons (Fsp3) is 0.250. The van der Waals surface area contributed by atoms with Crippen LogP contribution in [0.1, 0.15) is 22.2 Å². The van der Waals surface area contributed by atoms with Crippen molar-refractivity contribution in [1.82, 2.24) is 5.16 Å². The summed E-state index contributed by atoms with van der Waals surface area (Å²) in [5.41, 5.74) is 2.51. The average Bonchev–Trinajstić information content (AvgIpc) is 2.78. The molecule has 0 aliphatic carbocycles. The normalized spacial score (nSPS) is 12.6. The zero-order valence-electron chi connectivity index (χ0n) is 8.64. The monoisotopic (exact) mass is 237 g/mol. The van der Waals surface area contributed by atoms with E-state index < -0.39 is 0 Å². The first kappa shape index (κ1) is 11.2. The predicted molar refractivity (Wildman–Crippen MR) is 61.4 cm³/mol. The van der Waals surface area contributed by atoms with Gasteiger partial charge >= 0.3 is 0 Å². The van der Waals surface area contributed by atoms with Crippen molar-refractivity contribution in [2.24, 2.45) is 0 Å². The highest BCUT2D eigenvalue weighted by Crippen LogP contribution is 2.29. The van der Waals surface area contributed by atoms with Crippen LogP contribution in [0.25, 0.3) is 0 Å². The Labute approximate surface area is 98.6 Å². The van der Waals surface area contributed by atoms with Crippen LogP contribution in [0.4, 0.5) is 0 Å². The highest BCUT2D eigenvalue weighted by Gasteiger charge is 2.18. The maximum atomic E-state index is 8.90. The molecule has 1 atom stereocenters. The van der Waals surface area contributed by atoms with Crippen LogP contribution in [0.5, 0.6) is 0 Å². The SMILES string of the molecule is OCCc1conc1C(Cl)c1ccccc1. The summed E-state index contributed by atoms with van der Waals surface area (Å²) in [5, 5.41) is 12.5. The molecule has 2 rings (SSSR count). The topological polar surface area (TPSA) is 46.3 Å². The quantitative estimate of drug-likeness (QED) is 0.832. The molecule has 0 bridgehead atoms. The van der Waals surface area contributed by atoms with Crippen LogP contribution in [0, 0.1) is 0 Å². The van der Waals surface area contributed by atoms with Gasteiger partial charge in [0.25, 0.3) is 0 Å². The summed E-state index contributed by atoms with van der Waals surface area (Å²) in [6.45, 7) is 0.0621. The van der Waals surface area contributed by atoms with Crippen molar-refractivity contribution >= 4 is 11.6 Å². The van der Waals surface area contributed by atoms with Crippen LogP contribution in [0.15, 0.2) is 41.1 Å². The summed E-state index contributed by atoms with van der Waals surface area (Å²) in [4.78, 5) is 0. The highest BCUT2D eigenvalue weighted by atomic mass is 35.5. The number of nitrogens with zero attached hydrogens (tertiary/aromatic N) is 1. The molecule has 0 radical (unpaired) electrons. The molecule has 1 aromatic carbocycles. The van der Waals surface area contributed by atoms with Gasteiger partial charge in [0.05, 0.1) is 0 Å². The molecule has 0 saturated carbocycles. The number of hydrogen-bond acceptors (Lipinski definition) is 3. The van der Waals surface area contributed by atoms with E-state index in [1.807, 2.05) is 30.3 Å². The first-order valence-corrected chi connectivity index (χ1v) is 5.49. The molecule has 1 heterocycles. The molecule has 4 heteroatoms. The van der Waals surface area contributed by atoms with Crippen molar-refractivity contribution in [3.63, 3.8) is 0 Å². The number of alkyl halides is 1. The second-order valence-corrected chi connectivity index (χ2v) is 3.91. The molecule has 1 N–H and O–H groups in total. The Balaban J connectivity index is 2.27. The van der Waals surface area contributed by atoms with E-state index in [-0.39, 0.29) is 12.0 Å². The van der Waals surface area contributed by atoms with Gasteiger partial charge in [-0.05, 0) is 5.56 Å². The van der Waals surface area contributed by atoms with Crippen LogP contribution in [0.2, 0.25) is 0 Å². The summed E-state index contributed by atoms with van der Waals surface area (Å²) in [6, 6.07) is 9.67. The molecule has 0 fully saturated rings. The second kappa shape index (κ2) is 5.14. The number of halogens is 1. The van der Waals surface area contributed by atoms with Gasteiger partial charge in [0.15, 0.2) is 0 Å². The summed E-state index contributed by atoms with van der Waals surface area (Å²) < 4.78 is 4.90. The fourth-order valence-corrected chi connectivity index (χ4v) is 1.89. The Morgan fingerprint density at radius 2 is 2.06 bits per heavy atom. The molecule has 3 nitrogen and oxygen atoms in total. The lowest BCUT2D eigenvalue weighted by atomic mass is 10.1. The van der Waals surface area contributed by atoms with Gasteiger partial charge in [-0.3, -0.25) is 0 Å². The van der Waals surface area contributed by atoms with E-state index in [1.54, 1.807) is 0 Å². The average molecular weight is 238 g/mol. The molecule has 16 heavy (non-hydrogen) atoms. The highest BCUT2D eigenvalue weighted by molar-refractivity contribution is 6.22. The molecule has 0 aliphatic heterocycles. The van der Waals surface area contributed by atoms with Crippen LogP contribution < -0.4 is 0 Å². The Morgan fingerprint density at radius 1 is 1.31 bits per heavy atom. The molecule has 1 aromatic heterocycles. The minimum absolute atomic E-state index is 0.0621. The molecule has 0 spiro atoms. The van der Waals surface area contributed by atoms with Gasteiger partial charge in [-0.1, -0.05) is 35.5 Å². The summed E-state index contributed by atoms with van der Waals surface area (Å²) >= 11 is 6.31. The van der Waals surface area contributed by atoms with Gasteiger partial charge in [0, 0.05) is 18.6 Å². The summed E-state index contributed by atoms with van der Waals surface area (Å²) in [7, 11) is 0. The van der Waals surface area contributed by atoms with Crippen LogP contribution in [-0.2, 0) is 6.42 Å². The standard InChI is InChI=1S/C12H12ClNO2/c13-11(9-4-2-1-3-5-9)12-10(6-7-15)8-16-14-12/h1-5,8,11,15H,6-7H2. The number of benzene rings is 1. The number of aliphatic hydroxyl groups excluding tert-OH is 1. The van der Waals surface area contributed by atoms with Crippen LogP contribution in [-0.4, -0.2) is 16.9 Å². The van der Waals surface area contributed by atoms with Gasteiger partial charge in [-0.15, -0.1) is 11.6 Å². The predicted octanol–water partition coefficient (Wildman–Crippen LogP) is 2.54. The lowest BCUT2D eigenvalue weighted by molar-refractivity contribution is 0.299. The third kappa shape index (κ3) is 2.26. The lowest BCUT2D eigenvalue weighted by Gasteiger charge is -2.07. The fourth-order valence-electron chi connectivity index (χ4n) is 1.56. The first-order valence-electron chi connectivity index (χ1n) is 5.06. The zero-order chi connectivity index (χ0) is 11.4. The molecule has 0 amide bonds. The van der Waals surface area contributed by atoms with Crippen LogP contribution >= 0.6 is 11.6 Å². The van der Waals surface area contributed by atoms with Gasteiger partial charge < -0.3 is 9.63 Å². The van der Waals surface area contributed by atoms with Crippen molar-refractivity contribution < 1.29 is 9.63 Å². The smallest absolute Gasteiger partial charge is 0.127 e. The van der Waals surface area contributed by atoms with E-state index in [0.29, 0.717) is 12.1 Å². The molecule has 0 aliphatic rings. The second-order valence-electron chi connectivity index (χ2n) is 3.47. The molecule has 0 saturated heterocycles. The maximum absolute atomic E-state index is 8.90. The van der Waals surface area contributed by atoms with Crippen LogP contribution in [0.3, 0.4) is 0 Å². The van der Waals surface area contributed by atoms with E-state index in [9.17, 15) is 0 Å². The Kier molecular flexibility index (Phi) is 3.59. The molecule has 84 valence electrons. The first-order chi connectivity index (χ1) is 7.83. The zero-order valence-corrected chi connectivity index (χ0v) is 9.39. The minimum Gasteiger partial charge on any atom is -0.396 e. The Bertz CT molecular complexity index is 441. The number of hydrogen-bond donors (Lipinski definition) is 1. The summed E-state index contributed by atoms with van der Waals surface area (Å²) in [5.74, 6) is 0. The van der Waals surface area contributed by atoms with Gasteiger partial charge in [0.2, 0.25) is 0 Å². The van der Waals surface area contributed by atoms with E-state index in [1.165, 1.54) is 6.26 Å². The van der Waals surface area contributed by atoms with Gasteiger partial charge in [0.1, 0.15) is 17.3 Å². The molecular formula is C12H12ClNO2. The molecular weight excluding hydrogens is 226 g/mol. The third-order valence-corrected chi connectivity index (χ3v) is 2.85. The maximum Gasteiger partial charge on any atom is 0.127 e. The van der Waals surface area contributed by atoms with E-state index in [4.69, 9.17) is 21.2 Å². The third-order valence-electron chi connectivity index (χ3n) is 2.39. The van der Waals surface area contributed by atoms with Crippen molar-refractivity contribution in [2.75, 3.05) is 6.61 Å². The van der Waals surface area contributed by atoms with E-state index >= 15 is 0 Å². The number of aromatic nitrogens is 1. The number of rotatable bonds is 4.